The monoisotopic (exact) mass is 684 g/mol. The molecule has 0 aliphatic heterocycles. The summed E-state index contributed by atoms with van der Waals surface area (Å²) in [5, 5.41) is 3.73. The third kappa shape index (κ3) is 5.05. The van der Waals surface area contributed by atoms with Gasteiger partial charge in [0.05, 0.1) is 22.5 Å². The van der Waals surface area contributed by atoms with Crippen LogP contribution in [0.4, 0.5) is 0 Å². The van der Waals surface area contributed by atoms with Crippen LogP contribution in [0, 0.1) is 24.9 Å². The largest absolute Gasteiger partial charge is 0.316 e. The van der Waals surface area contributed by atoms with Crippen molar-refractivity contribution < 1.29 is 25.9 Å². The minimum Gasteiger partial charge on any atom is -0.316 e. The van der Waals surface area contributed by atoms with Crippen LogP contribution in [-0.2, 0) is 31.3 Å². The summed E-state index contributed by atoms with van der Waals surface area (Å²) in [6.45, 7) is 3.55. The number of aryl methyl sites for hydroxylation is 2. The van der Waals surface area contributed by atoms with Crippen molar-refractivity contribution in [3.8, 4) is 11.1 Å². The molecule has 4 aromatic rings. The van der Waals surface area contributed by atoms with Crippen LogP contribution in [0.15, 0.2) is 107 Å². The van der Waals surface area contributed by atoms with Crippen LogP contribution in [-0.4, -0.2) is 36.4 Å². The van der Waals surface area contributed by atoms with Crippen LogP contribution in [0.5, 0.6) is 0 Å². The van der Waals surface area contributed by atoms with Gasteiger partial charge in [-0.1, -0.05) is 84.9 Å². The number of benzene rings is 4. The van der Waals surface area contributed by atoms with Gasteiger partial charge >= 0.3 is 0 Å². The van der Waals surface area contributed by atoms with Crippen molar-refractivity contribution in [1.29, 1.82) is 11.1 Å². The van der Waals surface area contributed by atoms with E-state index in [1.54, 1.807) is 86.6 Å². The third-order valence-corrected chi connectivity index (χ3v) is 11.7. The van der Waals surface area contributed by atoms with Crippen LogP contribution < -0.4 is 11.5 Å². The summed E-state index contributed by atoms with van der Waals surface area (Å²) in [5.74, 6) is 0. The highest BCUT2D eigenvalue weighted by Gasteiger charge is 2.50. The maximum absolute atomic E-state index is 12.7. The minimum absolute atomic E-state index is 0.0782. The molecule has 0 saturated heterocycles. The Labute approximate surface area is 277 Å². The summed E-state index contributed by atoms with van der Waals surface area (Å²) in [7, 11) is -9.50. The molecule has 2 aliphatic rings. The van der Waals surface area contributed by atoms with Crippen LogP contribution in [0.1, 0.15) is 44.5 Å². The molecule has 0 bridgehead atoms. The molecule has 0 aromatic heterocycles. The van der Waals surface area contributed by atoms with E-state index in [-0.39, 0.29) is 11.4 Å². The summed E-state index contributed by atoms with van der Waals surface area (Å²) in [6.07, 6.45) is 2.39. The van der Waals surface area contributed by atoms with E-state index < -0.39 is 41.8 Å². The van der Waals surface area contributed by atoms with Gasteiger partial charge < -0.3 is 11.5 Å². The van der Waals surface area contributed by atoms with Gasteiger partial charge in [0.1, 0.15) is 10.5 Å². The maximum atomic E-state index is 12.7. The predicted molar refractivity (Wildman–Crippen MR) is 181 cm³/mol. The average molecular weight is 685 g/mol. The first kappa shape index (κ1) is 33.2. The molecule has 2 aliphatic carbocycles. The van der Waals surface area contributed by atoms with Crippen molar-refractivity contribution in [2.24, 2.45) is 21.7 Å². The normalized spacial score (nSPS) is 23.7. The second-order valence-electron chi connectivity index (χ2n) is 12.1. The number of nitrogens with two attached hydrogens (primary N) is 2. The molecule has 14 heteroatoms. The second-order valence-corrected chi connectivity index (χ2v) is 15.2. The van der Waals surface area contributed by atoms with E-state index in [9.17, 15) is 25.9 Å². The van der Waals surface area contributed by atoms with Gasteiger partial charge in [0, 0.05) is 11.1 Å². The van der Waals surface area contributed by atoms with Crippen LogP contribution >= 0.6 is 0 Å². The smallest absolute Gasteiger partial charge is 0.274 e. The Morgan fingerprint density at radius 3 is 1.27 bits per heavy atom. The molecular formula is C34H32N6O6S2. The molecule has 8 N–H and O–H groups in total. The van der Waals surface area contributed by atoms with Crippen LogP contribution in [0.3, 0.4) is 0 Å². The van der Waals surface area contributed by atoms with E-state index in [1.807, 2.05) is 12.1 Å². The molecule has 0 radical (unpaired) electrons. The van der Waals surface area contributed by atoms with Gasteiger partial charge in [-0.05, 0) is 70.5 Å². The topological polar surface area (TPSA) is 233 Å². The van der Waals surface area contributed by atoms with Crippen molar-refractivity contribution in [2.75, 3.05) is 0 Å². The van der Waals surface area contributed by atoms with Crippen molar-refractivity contribution in [1.82, 2.24) is 0 Å². The van der Waals surface area contributed by atoms with Gasteiger partial charge in [0.2, 0.25) is 0 Å². The first-order valence-electron chi connectivity index (χ1n) is 14.7. The van der Waals surface area contributed by atoms with Gasteiger partial charge in [-0.3, -0.25) is 9.11 Å². The lowest BCUT2D eigenvalue weighted by atomic mass is 9.72. The standard InChI is InChI=1S/C34H32N6O6S2/c1-19-15-21(11-13-25(19)33(35)27-9-5-3-7-23(27)29(39-37)17-31(33)47(41,42)43)22-12-14-26(20(2)16-22)34(36)28-10-6-4-8-24(28)30(40-38)18-32(34)48(44,45)46/h3-18,31-32,37-38H,35-36H2,1-2H3,(H,41,42,43)(H,44,45,46). The van der Waals surface area contributed by atoms with E-state index in [0.717, 1.165) is 11.1 Å². The molecule has 4 atom stereocenters. The van der Waals surface area contributed by atoms with Crippen molar-refractivity contribution in [2.45, 2.75) is 35.4 Å². The molecule has 4 aromatic carbocycles. The van der Waals surface area contributed by atoms with Crippen molar-refractivity contribution in [3.63, 3.8) is 0 Å². The fraction of sp³-hybridized carbons (Fsp3) is 0.176. The summed E-state index contributed by atoms with van der Waals surface area (Å²) in [5.41, 5.74) is 31.2. The number of fused-ring (bicyclic) bond motifs is 2. The van der Waals surface area contributed by atoms with Gasteiger partial charge in [0.25, 0.3) is 20.2 Å². The first-order valence-corrected chi connectivity index (χ1v) is 17.7. The molecule has 0 saturated carbocycles. The summed E-state index contributed by atoms with van der Waals surface area (Å²) in [6, 6.07) is 24.1. The van der Waals surface area contributed by atoms with E-state index in [2.05, 4.69) is 10.2 Å². The van der Waals surface area contributed by atoms with E-state index in [0.29, 0.717) is 44.5 Å². The number of hydrogen-bond donors (Lipinski definition) is 6. The zero-order valence-corrected chi connectivity index (χ0v) is 27.4. The lowest BCUT2D eigenvalue weighted by Gasteiger charge is -2.40. The number of hydrogen-bond acceptors (Lipinski definition) is 10. The quantitative estimate of drug-likeness (QED) is 0.105. The fourth-order valence-corrected chi connectivity index (χ4v) is 9.27. The van der Waals surface area contributed by atoms with Crippen LogP contribution in [0.25, 0.3) is 22.5 Å². The van der Waals surface area contributed by atoms with Crippen molar-refractivity contribution >= 4 is 31.6 Å². The van der Waals surface area contributed by atoms with E-state index in [1.165, 1.54) is 12.2 Å². The summed E-state index contributed by atoms with van der Waals surface area (Å²) >= 11 is 0. The van der Waals surface area contributed by atoms with Crippen LogP contribution in [0.2, 0.25) is 0 Å². The highest BCUT2D eigenvalue weighted by Crippen LogP contribution is 2.47. The van der Waals surface area contributed by atoms with Gasteiger partial charge in [-0.25, -0.2) is 11.1 Å². The predicted octanol–water partition coefficient (Wildman–Crippen LogP) is 5.66. The van der Waals surface area contributed by atoms with Gasteiger partial charge in [-0.15, -0.1) is 0 Å². The SMILES string of the molecule is Cc1cc(-c2ccc(C3(N)c4ccccc4C(N=N)=CC3S(=O)(=O)O)c(C)c2)ccc1C1(N)c2ccccc2C(N=N)=CC1S(=O)(=O)O. The summed E-state index contributed by atoms with van der Waals surface area (Å²) in [4.78, 5) is 0. The molecule has 4 unspecified atom stereocenters. The molecule has 6 rings (SSSR count). The number of nitrogens with one attached hydrogen (secondary N) is 2. The second kappa shape index (κ2) is 11.5. The van der Waals surface area contributed by atoms with Crippen molar-refractivity contribution in [3.05, 3.63) is 142 Å². The number of nitrogens with zero attached hydrogens (tertiary/aromatic N) is 2. The Hall–Kier alpha value is -4.70. The molecule has 0 heterocycles. The molecule has 0 amide bonds. The molecule has 0 fully saturated rings. The minimum atomic E-state index is -4.75. The van der Waals surface area contributed by atoms with Gasteiger partial charge in [0.15, 0.2) is 0 Å². The Kier molecular flexibility index (Phi) is 7.94. The Morgan fingerprint density at radius 1 is 0.604 bits per heavy atom. The fourth-order valence-electron chi connectivity index (χ4n) is 7.22. The van der Waals surface area contributed by atoms with E-state index in [4.69, 9.17) is 22.5 Å². The zero-order chi connectivity index (χ0) is 34.8. The molecule has 246 valence electrons. The maximum Gasteiger partial charge on any atom is 0.274 e. The van der Waals surface area contributed by atoms with Gasteiger partial charge in [-0.2, -0.15) is 27.1 Å². The molecule has 0 spiro atoms. The highest BCUT2D eigenvalue weighted by molar-refractivity contribution is 7.87. The lowest BCUT2D eigenvalue weighted by molar-refractivity contribution is 0.435. The molecular weight excluding hydrogens is 653 g/mol. The average Bonchev–Trinajstić information content (AvgIpc) is 3.04. The Balaban J connectivity index is 1.47. The molecule has 12 nitrogen and oxygen atoms in total. The Bertz CT molecular complexity index is 2160. The molecule has 48 heavy (non-hydrogen) atoms. The lowest BCUT2D eigenvalue weighted by Crippen LogP contribution is -2.53. The Morgan fingerprint density at radius 2 is 0.958 bits per heavy atom. The first-order chi connectivity index (χ1) is 22.6. The highest BCUT2D eigenvalue weighted by atomic mass is 32.2. The van der Waals surface area contributed by atoms with E-state index >= 15 is 0 Å². The summed E-state index contributed by atoms with van der Waals surface area (Å²) < 4.78 is 71.5. The number of rotatable bonds is 7. The zero-order valence-electron chi connectivity index (χ0n) is 25.8. The third-order valence-electron chi connectivity index (χ3n) is 9.37.